The molecular weight excluding hydrogens is 311 g/mol. The van der Waals surface area contributed by atoms with Crippen molar-refractivity contribution < 1.29 is 18.0 Å². The molecule has 0 spiro atoms. The van der Waals surface area contributed by atoms with Gasteiger partial charge < -0.3 is 10.7 Å². The van der Waals surface area contributed by atoms with Gasteiger partial charge in [0.05, 0.1) is 16.6 Å². The van der Waals surface area contributed by atoms with Crippen molar-refractivity contribution >= 4 is 22.6 Å². The molecule has 2 aromatic carbocycles. The summed E-state index contributed by atoms with van der Waals surface area (Å²) in [7, 11) is 0. The van der Waals surface area contributed by atoms with E-state index in [2.05, 4.69) is 4.98 Å². The molecule has 3 N–H and O–H groups in total. The molecule has 0 saturated heterocycles. The first-order chi connectivity index (χ1) is 10.8. The Labute approximate surface area is 127 Å². The van der Waals surface area contributed by atoms with Gasteiger partial charge in [0.2, 0.25) is 0 Å². The molecule has 0 amide bonds. The van der Waals surface area contributed by atoms with Gasteiger partial charge in [-0.15, -0.1) is 0 Å². The van der Waals surface area contributed by atoms with E-state index >= 15 is 0 Å². The van der Waals surface area contributed by atoms with E-state index in [1.54, 1.807) is 0 Å². The number of nitrogen functional groups attached to an aromatic ring is 1. The highest BCUT2D eigenvalue weighted by molar-refractivity contribution is 6.01. The molecule has 0 radical (unpaired) electrons. The second-order valence-corrected chi connectivity index (χ2v) is 4.92. The number of benzene rings is 2. The Morgan fingerprint density at radius 1 is 1.09 bits per heavy atom. The number of fused-ring (bicyclic) bond motifs is 1. The molecule has 0 unspecified atom stereocenters. The maximum Gasteiger partial charge on any atom is 0.416 e. The first kappa shape index (κ1) is 14.9. The van der Waals surface area contributed by atoms with Gasteiger partial charge in [-0.2, -0.15) is 13.2 Å². The number of rotatable bonds is 1. The number of carbonyl (C=O) groups excluding carboxylic acids is 1. The lowest BCUT2D eigenvalue weighted by molar-refractivity contribution is -0.137. The van der Waals surface area contributed by atoms with Gasteiger partial charge in [-0.3, -0.25) is 4.79 Å². The summed E-state index contributed by atoms with van der Waals surface area (Å²) in [6.45, 7) is 0. The third-order valence-corrected chi connectivity index (χ3v) is 3.37. The van der Waals surface area contributed by atoms with Crippen LogP contribution in [0.2, 0.25) is 0 Å². The Bertz CT molecular complexity index is 953. The molecule has 0 aliphatic heterocycles. The highest BCUT2D eigenvalue weighted by Gasteiger charge is 2.30. The zero-order valence-electron chi connectivity index (χ0n) is 11.5. The van der Waals surface area contributed by atoms with Crippen LogP contribution in [0.1, 0.15) is 15.9 Å². The fraction of sp³-hybridized carbons (Fsp3) is 0.0667. The van der Waals surface area contributed by atoms with E-state index in [4.69, 9.17) is 5.73 Å². The maximum atomic E-state index is 12.5. The molecule has 0 saturated carbocycles. The Hall–Kier alpha value is -3.03. The number of anilines is 1. The lowest BCUT2D eigenvalue weighted by atomic mass is 10.1. The van der Waals surface area contributed by atoms with Crippen LogP contribution in [-0.2, 0) is 6.18 Å². The predicted octanol–water partition coefficient (Wildman–Crippen LogP) is 2.62. The highest BCUT2D eigenvalue weighted by atomic mass is 19.4. The minimum atomic E-state index is -4.49. The van der Waals surface area contributed by atoms with Gasteiger partial charge in [-0.05, 0) is 42.5 Å². The average molecular weight is 321 g/mol. The molecule has 118 valence electrons. The molecule has 0 fully saturated rings. The molecular formula is C15H10F3N3O2. The number of H-pyrrole nitrogens is 1. The van der Waals surface area contributed by atoms with Gasteiger partial charge in [-0.1, -0.05) is 0 Å². The van der Waals surface area contributed by atoms with Crippen LogP contribution in [0.25, 0.3) is 11.0 Å². The van der Waals surface area contributed by atoms with E-state index in [0.717, 1.165) is 28.8 Å². The summed E-state index contributed by atoms with van der Waals surface area (Å²) in [5.74, 6) is -0.722. The number of imidazole rings is 1. The van der Waals surface area contributed by atoms with Crippen molar-refractivity contribution in [3.63, 3.8) is 0 Å². The van der Waals surface area contributed by atoms with Crippen molar-refractivity contribution in [1.82, 2.24) is 9.55 Å². The monoisotopic (exact) mass is 321 g/mol. The molecule has 0 aliphatic carbocycles. The van der Waals surface area contributed by atoms with Crippen LogP contribution in [0.5, 0.6) is 0 Å². The number of hydrogen-bond acceptors (Lipinski definition) is 3. The van der Waals surface area contributed by atoms with Gasteiger partial charge >= 0.3 is 11.9 Å². The van der Waals surface area contributed by atoms with Crippen molar-refractivity contribution in [1.29, 1.82) is 0 Å². The smallest absolute Gasteiger partial charge is 0.399 e. The molecule has 3 rings (SSSR count). The fourth-order valence-corrected chi connectivity index (χ4v) is 2.26. The van der Waals surface area contributed by atoms with E-state index in [9.17, 15) is 22.8 Å². The Morgan fingerprint density at radius 2 is 1.74 bits per heavy atom. The normalized spacial score (nSPS) is 11.8. The maximum absolute atomic E-state index is 12.5. The molecule has 0 aliphatic rings. The first-order valence-electron chi connectivity index (χ1n) is 6.49. The molecule has 0 atom stereocenters. The van der Waals surface area contributed by atoms with E-state index < -0.39 is 23.3 Å². The number of aromatic amines is 1. The number of carbonyl (C=O) groups is 1. The number of aromatic nitrogens is 2. The van der Waals surface area contributed by atoms with Crippen LogP contribution in [0.15, 0.2) is 47.3 Å². The topological polar surface area (TPSA) is 80.9 Å². The van der Waals surface area contributed by atoms with Crippen LogP contribution in [0, 0.1) is 0 Å². The summed E-state index contributed by atoms with van der Waals surface area (Å²) in [6, 6.07) is 8.17. The summed E-state index contributed by atoms with van der Waals surface area (Å²) in [5.41, 5.74) is 5.10. The van der Waals surface area contributed by atoms with Gasteiger partial charge in [0.1, 0.15) is 0 Å². The third-order valence-electron chi connectivity index (χ3n) is 3.37. The molecule has 1 heterocycles. The van der Waals surface area contributed by atoms with Crippen molar-refractivity contribution in [3.8, 4) is 0 Å². The quantitative estimate of drug-likeness (QED) is 0.676. The average Bonchev–Trinajstić information content (AvgIpc) is 2.80. The van der Waals surface area contributed by atoms with Crippen molar-refractivity contribution in [2.24, 2.45) is 0 Å². The lowest BCUT2D eigenvalue weighted by Gasteiger charge is -2.07. The summed E-state index contributed by atoms with van der Waals surface area (Å²) < 4.78 is 38.5. The molecule has 1 aromatic heterocycles. The van der Waals surface area contributed by atoms with Crippen LogP contribution in [0.3, 0.4) is 0 Å². The summed E-state index contributed by atoms with van der Waals surface area (Å²) in [4.78, 5) is 26.9. The SMILES string of the molecule is Nc1ccc2c(c1)[nH]c(=O)n2C(=O)c1ccc(C(F)(F)F)cc1. The van der Waals surface area contributed by atoms with E-state index in [0.29, 0.717) is 16.7 Å². The summed E-state index contributed by atoms with van der Waals surface area (Å²) in [6.07, 6.45) is -4.49. The Kier molecular flexibility index (Phi) is 3.24. The first-order valence-corrected chi connectivity index (χ1v) is 6.49. The van der Waals surface area contributed by atoms with E-state index in [1.807, 2.05) is 0 Å². The van der Waals surface area contributed by atoms with E-state index in [-0.39, 0.29) is 5.56 Å². The summed E-state index contributed by atoms with van der Waals surface area (Å²) in [5, 5.41) is 0. The van der Waals surface area contributed by atoms with Crippen LogP contribution in [-0.4, -0.2) is 15.5 Å². The highest BCUT2D eigenvalue weighted by Crippen LogP contribution is 2.29. The van der Waals surface area contributed by atoms with Crippen molar-refractivity contribution in [3.05, 3.63) is 64.1 Å². The van der Waals surface area contributed by atoms with Gasteiger partial charge in [0, 0.05) is 11.3 Å². The van der Waals surface area contributed by atoms with Crippen molar-refractivity contribution in [2.75, 3.05) is 5.73 Å². The van der Waals surface area contributed by atoms with Gasteiger partial charge in [0.15, 0.2) is 0 Å². The number of alkyl halides is 3. The predicted molar refractivity (Wildman–Crippen MR) is 78.1 cm³/mol. The molecule has 0 bridgehead atoms. The standard InChI is InChI=1S/C15H10F3N3O2/c16-15(17,18)9-3-1-8(2-4-9)13(22)21-12-6-5-10(19)7-11(12)20-14(21)23/h1-7H,19H2,(H,20,23). The summed E-state index contributed by atoms with van der Waals surface area (Å²) >= 11 is 0. The Morgan fingerprint density at radius 3 is 2.35 bits per heavy atom. The number of hydrogen-bond donors (Lipinski definition) is 2. The number of nitrogens with zero attached hydrogens (tertiary/aromatic N) is 1. The van der Waals surface area contributed by atoms with Crippen LogP contribution in [0.4, 0.5) is 18.9 Å². The molecule has 8 heteroatoms. The van der Waals surface area contributed by atoms with Gasteiger partial charge in [-0.25, -0.2) is 9.36 Å². The zero-order valence-corrected chi connectivity index (χ0v) is 11.5. The Balaban J connectivity index is 2.07. The lowest BCUT2D eigenvalue weighted by Crippen LogP contribution is -2.24. The molecule has 23 heavy (non-hydrogen) atoms. The largest absolute Gasteiger partial charge is 0.416 e. The number of nitrogens with one attached hydrogen (secondary N) is 1. The van der Waals surface area contributed by atoms with Crippen molar-refractivity contribution in [2.45, 2.75) is 6.18 Å². The minimum Gasteiger partial charge on any atom is -0.399 e. The minimum absolute atomic E-state index is 0.0298. The second kappa shape index (κ2) is 5.01. The fourth-order valence-electron chi connectivity index (χ4n) is 2.26. The van der Waals surface area contributed by atoms with Crippen LogP contribution < -0.4 is 11.4 Å². The van der Waals surface area contributed by atoms with Gasteiger partial charge in [0.25, 0.3) is 5.91 Å². The number of halogens is 3. The second-order valence-electron chi connectivity index (χ2n) is 4.92. The zero-order chi connectivity index (χ0) is 16.8. The molecule has 3 aromatic rings. The number of nitrogens with two attached hydrogens (primary N) is 1. The molecule has 5 nitrogen and oxygen atoms in total. The van der Waals surface area contributed by atoms with Crippen LogP contribution >= 0.6 is 0 Å². The van der Waals surface area contributed by atoms with E-state index in [1.165, 1.54) is 18.2 Å². The third kappa shape index (κ3) is 2.59.